The van der Waals surface area contributed by atoms with Crippen LogP contribution >= 0.6 is 0 Å². The summed E-state index contributed by atoms with van der Waals surface area (Å²) in [5, 5.41) is 8.42. The van der Waals surface area contributed by atoms with Crippen LogP contribution in [0.1, 0.15) is 6.42 Å². The topological polar surface area (TPSA) is 61.2 Å². The Kier molecular flexibility index (Phi) is 1.90. The van der Waals surface area contributed by atoms with Crippen molar-refractivity contribution in [2.45, 2.75) is 6.42 Å². The van der Waals surface area contributed by atoms with Crippen LogP contribution in [0.5, 0.6) is 0 Å². The second-order valence-corrected chi connectivity index (χ2v) is 2.56. The van der Waals surface area contributed by atoms with Crippen LogP contribution in [0.25, 0.3) is 0 Å². The molecule has 0 N–H and O–H groups in total. The third-order valence-electron chi connectivity index (χ3n) is 1.78. The van der Waals surface area contributed by atoms with E-state index in [2.05, 4.69) is 0 Å². The largest absolute Gasteiger partial charge is 0.339 e. The molecule has 1 heterocycles. The zero-order valence-electron chi connectivity index (χ0n) is 6.20. The van der Waals surface area contributed by atoms with Gasteiger partial charge in [-0.25, -0.2) is 0 Å². The molecule has 1 saturated heterocycles. The molecular weight excluding hydrogens is 144 g/mol. The lowest BCUT2D eigenvalue weighted by Crippen LogP contribution is -2.43. The van der Waals surface area contributed by atoms with Gasteiger partial charge in [0.25, 0.3) is 5.91 Å². The first-order chi connectivity index (χ1) is 5.16. The van der Waals surface area contributed by atoms with Crippen LogP contribution in [0.4, 0.5) is 0 Å². The molecule has 1 fully saturated rings. The number of nitriles is 1. The Morgan fingerprint density at radius 1 is 1.64 bits per heavy atom. The summed E-state index contributed by atoms with van der Waals surface area (Å²) in [6.45, 7) is 0.503. The van der Waals surface area contributed by atoms with E-state index in [0.717, 1.165) is 0 Å². The van der Waals surface area contributed by atoms with Gasteiger partial charge in [-0.1, -0.05) is 0 Å². The summed E-state index contributed by atoms with van der Waals surface area (Å²) in [6.07, 6.45) is 0.470. The molecule has 0 aliphatic carbocycles. The first-order valence-corrected chi connectivity index (χ1v) is 3.35. The first kappa shape index (κ1) is 7.73. The predicted octanol–water partition coefficient (Wildman–Crippen LogP) is -0.443. The van der Waals surface area contributed by atoms with Crippen LogP contribution in [-0.2, 0) is 9.59 Å². The van der Waals surface area contributed by atoms with Crippen molar-refractivity contribution in [2.75, 3.05) is 13.6 Å². The molecule has 1 rings (SSSR count). The molecule has 1 atom stereocenters. The van der Waals surface area contributed by atoms with E-state index in [0.29, 0.717) is 13.0 Å². The number of carbonyl (C=O) groups excluding carboxylic acids is 2. The maximum absolute atomic E-state index is 11.0. The Morgan fingerprint density at radius 2 is 2.27 bits per heavy atom. The SMILES string of the molecule is CN1CC[C@H](C#N)C(=O)C1=O. The molecule has 58 valence electrons. The minimum absolute atomic E-state index is 0.470. The fraction of sp³-hybridized carbons (Fsp3) is 0.571. The van der Waals surface area contributed by atoms with Crippen molar-refractivity contribution < 1.29 is 9.59 Å². The molecule has 1 aliphatic rings. The van der Waals surface area contributed by atoms with Gasteiger partial charge in [0, 0.05) is 13.6 Å². The van der Waals surface area contributed by atoms with Crippen LogP contribution in [0.2, 0.25) is 0 Å². The summed E-state index contributed by atoms with van der Waals surface area (Å²) in [4.78, 5) is 23.2. The van der Waals surface area contributed by atoms with Crippen LogP contribution in [0, 0.1) is 17.2 Å². The number of likely N-dealkylation sites (N-methyl/N-ethyl adjacent to an activating group) is 1. The van der Waals surface area contributed by atoms with Gasteiger partial charge in [-0.3, -0.25) is 9.59 Å². The number of hydrogen-bond acceptors (Lipinski definition) is 3. The van der Waals surface area contributed by atoms with Crippen molar-refractivity contribution in [3.05, 3.63) is 0 Å². The molecule has 0 saturated carbocycles. The maximum atomic E-state index is 11.0. The number of nitrogens with zero attached hydrogens (tertiary/aromatic N) is 2. The highest BCUT2D eigenvalue weighted by Crippen LogP contribution is 2.11. The van der Waals surface area contributed by atoms with Gasteiger partial charge in [0.05, 0.1) is 6.07 Å². The van der Waals surface area contributed by atoms with Gasteiger partial charge >= 0.3 is 0 Å². The number of rotatable bonds is 0. The highest BCUT2D eigenvalue weighted by molar-refractivity contribution is 6.37. The van der Waals surface area contributed by atoms with Crippen LogP contribution in [-0.4, -0.2) is 30.2 Å². The van der Waals surface area contributed by atoms with Gasteiger partial charge in [-0.2, -0.15) is 5.26 Å². The first-order valence-electron chi connectivity index (χ1n) is 3.35. The van der Waals surface area contributed by atoms with Gasteiger partial charge in [0.15, 0.2) is 0 Å². The van der Waals surface area contributed by atoms with Crippen molar-refractivity contribution in [3.63, 3.8) is 0 Å². The van der Waals surface area contributed by atoms with Gasteiger partial charge in [0.2, 0.25) is 5.78 Å². The van der Waals surface area contributed by atoms with Crippen molar-refractivity contribution in [1.82, 2.24) is 4.90 Å². The van der Waals surface area contributed by atoms with Gasteiger partial charge in [-0.15, -0.1) is 0 Å². The van der Waals surface area contributed by atoms with Gasteiger partial charge in [0.1, 0.15) is 5.92 Å². The molecule has 0 bridgehead atoms. The molecule has 1 amide bonds. The molecule has 0 spiro atoms. The minimum atomic E-state index is -0.710. The normalized spacial score (nSPS) is 25.1. The Hall–Kier alpha value is -1.37. The Labute approximate surface area is 64.4 Å². The van der Waals surface area contributed by atoms with E-state index in [1.165, 1.54) is 4.90 Å². The highest BCUT2D eigenvalue weighted by atomic mass is 16.2. The van der Waals surface area contributed by atoms with E-state index in [4.69, 9.17) is 5.26 Å². The predicted molar refractivity (Wildman–Crippen MR) is 36.4 cm³/mol. The number of ketones is 1. The van der Waals surface area contributed by atoms with E-state index >= 15 is 0 Å². The zero-order valence-corrected chi connectivity index (χ0v) is 6.20. The second-order valence-electron chi connectivity index (χ2n) is 2.56. The molecule has 11 heavy (non-hydrogen) atoms. The molecule has 4 nitrogen and oxygen atoms in total. The van der Waals surface area contributed by atoms with E-state index in [1.807, 2.05) is 6.07 Å². The van der Waals surface area contributed by atoms with E-state index in [-0.39, 0.29) is 0 Å². The summed E-state index contributed by atoms with van der Waals surface area (Å²) >= 11 is 0. The number of Topliss-reactive ketones (excluding diaryl/α,β-unsaturated/α-hetero) is 1. The fourth-order valence-corrected chi connectivity index (χ4v) is 1.02. The summed E-state index contributed by atoms with van der Waals surface area (Å²) in [6, 6.07) is 1.81. The number of hydrogen-bond donors (Lipinski definition) is 0. The quantitative estimate of drug-likeness (QED) is 0.442. The lowest BCUT2D eigenvalue weighted by molar-refractivity contribution is -0.147. The second kappa shape index (κ2) is 2.70. The Balaban J connectivity index is 2.77. The zero-order chi connectivity index (χ0) is 8.43. The fourth-order valence-electron chi connectivity index (χ4n) is 1.02. The van der Waals surface area contributed by atoms with Crippen molar-refractivity contribution in [3.8, 4) is 6.07 Å². The Morgan fingerprint density at radius 3 is 2.82 bits per heavy atom. The average molecular weight is 152 g/mol. The summed E-state index contributed by atoms with van der Waals surface area (Å²) in [5.74, 6) is -1.82. The molecule has 0 aromatic carbocycles. The molecule has 1 aliphatic heterocycles. The standard InChI is InChI=1S/C7H8N2O2/c1-9-3-2-5(4-8)6(10)7(9)11/h5H,2-3H2,1H3/t5-/m1/s1. The van der Waals surface area contributed by atoms with Gasteiger partial charge < -0.3 is 4.90 Å². The third-order valence-corrected chi connectivity index (χ3v) is 1.78. The minimum Gasteiger partial charge on any atom is -0.339 e. The molecule has 0 aromatic rings. The van der Waals surface area contributed by atoms with E-state index < -0.39 is 17.6 Å². The van der Waals surface area contributed by atoms with Crippen LogP contribution in [0.3, 0.4) is 0 Å². The molecule has 0 aromatic heterocycles. The number of likely N-dealkylation sites (tertiary alicyclic amines) is 1. The monoisotopic (exact) mass is 152 g/mol. The molecule has 0 radical (unpaired) electrons. The molecule has 0 unspecified atom stereocenters. The summed E-state index contributed by atoms with van der Waals surface area (Å²) < 4.78 is 0. The van der Waals surface area contributed by atoms with Crippen LogP contribution in [0.15, 0.2) is 0 Å². The summed E-state index contributed by atoms with van der Waals surface area (Å²) in [7, 11) is 1.56. The average Bonchev–Trinajstić information content (AvgIpc) is 2.01. The van der Waals surface area contributed by atoms with Crippen LogP contribution < -0.4 is 0 Å². The Bertz CT molecular complexity index is 241. The molecule has 4 heteroatoms. The highest BCUT2D eigenvalue weighted by Gasteiger charge is 2.32. The van der Waals surface area contributed by atoms with Crippen molar-refractivity contribution in [1.29, 1.82) is 5.26 Å². The smallest absolute Gasteiger partial charge is 0.291 e. The third kappa shape index (κ3) is 1.22. The van der Waals surface area contributed by atoms with Crippen molar-refractivity contribution >= 4 is 11.7 Å². The summed E-state index contributed by atoms with van der Waals surface area (Å²) in [5.41, 5.74) is 0. The number of piperidine rings is 1. The lowest BCUT2D eigenvalue weighted by Gasteiger charge is -2.23. The molecular formula is C7H8N2O2. The van der Waals surface area contributed by atoms with Crippen molar-refractivity contribution in [2.24, 2.45) is 5.92 Å². The maximum Gasteiger partial charge on any atom is 0.291 e. The lowest BCUT2D eigenvalue weighted by atomic mass is 9.97. The van der Waals surface area contributed by atoms with Gasteiger partial charge in [-0.05, 0) is 6.42 Å². The number of carbonyl (C=O) groups is 2. The van der Waals surface area contributed by atoms with E-state index in [1.54, 1.807) is 7.05 Å². The number of amides is 1. The van der Waals surface area contributed by atoms with E-state index in [9.17, 15) is 9.59 Å².